The van der Waals surface area contributed by atoms with Crippen LogP contribution in [0, 0.1) is 5.92 Å². The first-order valence-corrected chi connectivity index (χ1v) is 10.2. The molecule has 0 saturated carbocycles. The van der Waals surface area contributed by atoms with Crippen LogP contribution < -0.4 is 10.2 Å². The summed E-state index contributed by atoms with van der Waals surface area (Å²) in [7, 11) is 0. The monoisotopic (exact) mass is 435 g/mol. The second-order valence-electron chi connectivity index (χ2n) is 7.18. The van der Waals surface area contributed by atoms with Crippen molar-refractivity contribution in [1.82, 2.24) is 20.2 Å². The Morgan fingerprint density at radius 2 is 1.72 bits per heavy atom. The van der Waals surface area contributed by atoms with Gasteiger partial charge in [-0.3, -0.25) is 9.59 Å². The maximum Gasteiger partial charge on any atom is 0.253 e. The number of hydrogen-bond acceptors (Lipinski definition) is 5. The Balaban J connectivity index is 1.65. The zero-order valence-electron chi connectivity index (χ0n) is 16.3. The van der Waals surface area contributed by atoms with E-state index in [1.807, 2.05) is 18.7 Å². The van der Waals surface area contributed by atoms with Gasteiger partial charge >= 0.3 is 0 Å². The summed E-state index contributed by atoms with van der Waals surface area (Å²) >= 11 is 12.0. The van der Waals surface area contributed by atoms with Crippen LogP contribution in [0.3, 0.4) is 0 Å². The van der Waals surface area contributed by atoms with Gasteiger partial charge < -0.3 is 15.1 Å². The first kappa shape index (κ1) is 21.3. The second kappa shape index (κ2) is 9.41. The predicted octanol–water partition coefficient (Wildman–Crippen LogP) is 2.89. The standard InChI is InChI=1S/C20H23Cl2N5O2/c1-13(2)17(25-18(28)15-5-4-14(21)12-16(15)22)19(29)26-8-10-27(11-9-26)20-23-6-3-7-24-20/h3-7,12-13,17H,8-11H2,1-2H3,(H,25,28)/t17-/m0/s1. The number of carbonyl (C=O) groups is 2. The molecule has 0 spiro atoms. The molecular weight excluding hydrogens is 413 g/mol. The van der Waals surface area contributed by atoms with Gasteiger partial charge in [-0.2, -0.15) is 0 Å². The molecule has 0 bridgehead atoms. The van der Waals surface area contributed by atoms with Gasteiger partial charge in [0.25, 0.3) is 5.91 Å². The maximum atomic E-state index is 13.1. The highest BCUT2D eigenvalue weighted by Crippen LogP contribution is 2.21. The maximum absolute atomic E-state index is 13.1. The Morgan fingerprint density at radius 1 is 1.07 bits per heavy atom. The van der Waals surface area contributed by atoms with E-state index in [0.717, 1.165) is 0 Å². The molecule has 1 atom stereocenters. The molecule has 0 unspecified atom stereocenters. The number of halogens is 2. The summed E-state index contributed by atoms with van der Waals surface area (Å²) in [6.45, 7) is 6.16. The van der Waals surface area contributed by atoms with E-state index in [2.05, 4.69) is 15.3 Å². The number of hydrogen-bond donors (Lipinski definition) is 1. The number of nitrogens with zero attached hydrogens (tertiary/aromatic N) is 4. The van der Waals surface area contributed by atoms with Crippen LogP contribution in [-0.4, -0.2) is 58.9 Å². The molecule has 2 aromatic rings. The molecule has 1 saturated heterocycles. The zero-order chi connectivity index (χ0) is 21.0. The van der Waals surface area contributed by atoms with Crippen molar-refractivity contribution in [2.75, 3.05) is 31.1 Å². The molecule has 0 aliphatic carbocycles. The van der Waals surface area contributed by atoms with Gasteiger partial charge in [-0.05, 0) is 30.2 Å². The zero-order valence-corrected chi connectivity index (χ0v) is 17.8. The Bertz CT molecular complexity index is 870. The van der Waals surface area contributed by atoms with E-state index >= 15 is 0 Å². The normalized spacial score (nSPS) is 15.3. The Kier molecular flexibility index (Phi) is 6.92. The van der Waals surface area contributed by atoms with Gasteiger partial charge in [0.1, 0.15) is 6.04 Å². The molecule has 29 heavy (non-hydrogen) atoms. The fourth-order valence-corrected chi connectivity index (χ4v) is 3.68. The van der Waals surface area contributed by atoms with Crippen LogP contribution in [0.1, 0.15) is 24.2 Å². The van der Waals surface area contributed by atoms with E-state index in [9.17, 15) is 9.59 Å². The van der Waals surface area contributed by atoms with Crippen molar-refractivity contribution in [2.24, 2.45) is 5.92 Å². The number of piperazine rings is 1. The average Bonchev–Trinajstić information content (AvgIpc) is 2.72. The van der Waals surface area contributed by atoms with Crippen LogP contribution in [-0.2, 0) is 4.79 Å². The first-order chi connectivity index (χ1) is 13.9. The van der Waals surface area contributed by atoms with Crippen LogP contribution in [0.2, 0.25) is 10.0 Å². The lowest BCUT2D eigenvalue weighted by Crippen LogP contribution is -2.56. The van der Waals surface area contributed by atoms with Gasteiger partial charge in [-0.15, -0.1) is 0 Å². The van der Waals surface area contributed by atoms with E-state index in [-0.39, 0.29) is 16.8 Å². The van der Waals surface area contributed by atoms with Gasteiger partial charge in [0.05, 0.1) is 10.6 Å². The minimum Gasteiger partial charge on any atom is -0.340 e. The third-order valence-electron chi connectivity index (χ3n) is 4.82. The number of anilines is 1. The lowest BCUT2D eigenvalue weighted by molar-refractivity contribution is -0.134. The molecule has 7 nitrogen and oxygen atoms in total. The van der Waals surface area contributed by atoms with Crippen molar-refractivity contribution in [1.29, 1.82) is 0 Å². The van der Waals surface area contributed by atoms with Crippen LogP contribution in [0.25, 0.3) is 0 Å². The summed E-state index contributed by atoms with van der Waals surface area (Å²) < 4.78 is 0. The Hall–Kier alpha value is -2.38. The minimum atomic E-state index is -0.645. The molecule has 1 aromatic heterocycles. The van der Waals surface area contributed by atoms with Crippen molar-refractivity contribution in [3.8, 4) is 0 Å². The third kappa shape index (κ3) is 5.16. The first-order valence-electron chi connectivity index (χ1n) is 9.43. The van der Waals surface area contributed by atoms with E-state index < -0.39 is 11.9 Å². The van der Waals surface area contributed by atoms with E-state index in [0.29, 0.717) is 42.7 Å². The van der Waals surface area contributed by atoms with E-state index in [1.54, 1.807) is 35.5 Å². The van der Waals surface area contributed by atoms with E-state index in [4.69, 9.17) is 23.2 Å². The fraction of sp³-hybridized carbons (Fsp3) is 0.400. The SMILES string of the molecule is CC(C)[C@H](NC(=O)c1ccc(Cl)cc1Cl)C(=O)N1CCN(c2ncccn2)CC1. The van der Waals surface area contributed by atoms with E-state index in [1.165, 1.54) is 6.07 Å². The number of nitrogens with one attached hydrogen (secondary N) is 1. The van der Waals surface area contributed by atoms with Gasteiger partial charge in [-0.1, -0.05) is 37.0 Å². The number of carbonyl (C=O) groups excluding carboxylic acids is 2. The molecule has 3 rings (SSSR count). The summed E-state index contributed by atoms with van der Waals surface area (Å²) in [5, 5.41) is 3.54. The molecule has 1 aliphatic heterocycles. The van der Waals surface area contributed by atoms with Crippen LogP contribution in [0.15, 0.2) is 36.7 Å². The predicted molar refractivity (Wildman–Crippen MR) is 113 cm³/mol. The molecule has 1 N–H and O–H groups in total. The van der Waals surface area contributed by atoms with Crippen LogP contribution in [0.4, 0.5) is 5.95 Å². The molecule has 1 fully saturated rings. The lowest BCUT2D eigenvalue weighted by Gasteiger charge is -2.37. The molecule has 9 heteroatoms. The van der Waals surface area contributed by atoms with Crippen molar-refractivity contribution in [2.45, 2.75) is 19.9 Å². The van der Waals surface area contributed by atoms with Gasteiger partial charge in [-0.25, -0.2) is 9.97 Å². The molecule has 1 aliphatic rings. The van der Waals surface area contributed by atoms with Crippen LogP contribution in [0.5, 0.6) is 0 Å². The summed E-state index contributed by atoms with van der Waals surface area (Å²) in [5.41, 5.74) is 0.292. The fourth-order valence-electron chi connectivity index (χ4n) is 3.18. The molecule has 2 amide bonds. The smallest absolute Gasteiger partial charge is 0.253 e. The lowest BCUT2D eigenvalue weighted by atomic mass is 10.0. The minimum absolute atomic E-state index is 0.0759. The number of rotatable bonds is 5. The van der Waals surface area contributed by atoms with Crippen LogP contribution >= 0.6 is 23.2 Å². The van der Waals surface area contributed by atoms with Gasteiger partial charge in [0.15, 0.2) is 0 Å². The largest absolute Gasteiger partial charge is 0.340 e. The van der Waals surface area contributed by atoms with Crippen molar-refractivity contribution in [3.63, 3.8) is 0 Å². The third-order valence-corrected chi connectivity index (χ3v) is 5.37. The number of benzene rings is 1. The quantitative estimate of drug-likeness (QED) is 0.780. The number of aromatic nitrogens is 2. The van der Waals surface area contributed by atoms with Gasteiger partial charge in [0.2, 0.25) is 11.9 Å². The van der Waals surface area contributed by atoms with Crippen molar-refractivity contribution >= 4 is 41.0 Å². The average molecular weight is 436 g/mol. The highest BCUT2D eigenvalue weighted by atomic mass is 35.5. The van der Waals surface area contributed by atoms with Crippen molar-refractivity contribution < 1.29 is 9.59 Å². The highest BCUT2D eigenvalue weighted by molar-refractivity contribution is 6.36. The van der Waals surface area contributed by atoms with Gasteiger partial charge in [0, 0.05) is 43.6 Å². The summed E-state index contributed by atoms with van der Waals surface area (Å²) in [6.07, 6.45) is 3.40. The molecule has 154 valence electrons. The highest BCUT2D eigenvalue weighted by Gasteiger charge is 2.31. The molecule has 0 radical (unpaired) electrons. The van der Waals surface area contributed by atoms with Crippen molar-refractivity contribution in [3.05, 3.63) is 52.3 Å². The summed E-state index contributed by atoms with van der Waals surface area (Å²) in [6, 6.07) is 5.79. The summed E-state index contributed by atoms with van der Waals surface area (Å²) in [5.74, 6) is 0.0841. The Morgan fingerprint density at radius 3 is 2.31 bits per heavy atom. The molecular formula is C20H23Cl2N5O2. The second-order valence-corrected chi connectivity index (χ2v) is 8.02. The number of amides is 2. The topological polar surface area (TPSA) is 78.4 Å². The summed E-state index contributed by atoms with van der Waals surface area (Å²) in [4.78, 5) is 38.1. The molecule has 1 aromatic carbocycles. The Labute approximate surface area is 180 Å². The molecule has 2 heterocycles.